The number of aliphatic hydroxyl groups excluding tert-OH is 1. The monoisotopic (exact) mass is 447 g/mol. The van der Waals surface area contributed by atoms with Gasteiger partial charge in [0.2, 0.25) is 0 Å². The minimum absolute atomic E-state index is 0.0736. The highest BCUT2D eigenvalue weighted by Gasteiger charge is 2.35. The third-order valence-corrected chi connectivity index (χ3v) is 9.08. The lowest BCUT2D eigenvalue weighted by Crippen LogP contribution is -2.43. The summed E-state index contributed by atoms with van der Waals surface area (Å²) in [6, 6.07) is 10.9. The number of rotatable bonds is 7. The number of fused-ring (bicyclic) bond motifs is 1. The summed E-state index contributed by atoms with van der Waals surface area (Å²) >= 11 is 1.81. The van der Waals surface area contributed by atoms with E-state index in [1.54, 1.807) is 22.5 Å². The molecule has 1 saturated heterocycles. The number of aliphatic hydroxyl groups is 1. The molecule has 1 unspecified atom stereocenters. The molecule has 2 aliphatic rings. The smallest absolute Gasteiger partial charge is 0.264 e. The minimum atomic E-state index is -3.76. The van der Waals surface area contributed by atoms with Crippen LogP contribution >= 0.6 is 11.8 Å². The summed E-state index contributed by atoms with van der Waals surface area (Å²) in [5, 5.41) is 9.84. The first-order chi connectivity index (χ1) is 14.5. The first-order valence-corrected chi connectivity index (χ1v) is 13.2. The number of nitrogens with zero attached hydrogens (tertiary/aromatic N) is 1. The summed E-state index contributed by atoms with van der Waals surface area (Å²) in [7, 11) is -3.76. The van der Waals surface area contributed by atoms with Gasteiger partial charge in [0, 0.05) is 23.1 Å². The van der Waals surface area contributed by atoms with Gasteiger partial charge in [-0.05, 0) is 61.1 Å². The molecule has 2 heterocycles. The van der Waals surface area contributed by atoms with Crippen LogP contribution in [-0.2, 0) is 29.5 Å². The zero-order valence-corrected chi connectivity index (χ0v) is 19.1. The first-order valence-electron chi connectivity index (χ1n) is 10.6. The maximum atomic E-state index is 13.7. The number of sulfonamides is 1. The van der Waals surface area contributed by atoms with Crippen LogP contribution in [0.1, 0.15) is 43.4 Å². The molecule has 0 amide bonds. The molecule has 2 aromatic carbocycles. The first kappa shape index (κ1) is 21.5. The number of hydrogen-bond donors (Lipinski definition) is 1. The Balaban J connectivity index is 1.73. The Morgan fingerprint density at radius 1 is 1.17 bits per heavy atom. The number of anilines is 1. The Morgan fingerprint density at radius 2 is 1.97 bits per heavy atom. The van der Waals surface area contributed by atoms with E-state index in [9.17, 15) is 13.5 Å². The van der Waals surface area contributed by atoms with Crippen LogP contribution in [0.2, 0.25) is 0 Å². The Morgan fingerprint density at radius 3 is 2.60 bits per heavy atom. The molecule has 0 radical (unpaired) electrons. The van der Waals surface area contributed by atoms with E-state index in [2.05, 4.69) is 13.0 Å². The van der Waals surface area contributed by atoms with Crippen molar-refractivity contribution in [2.45, 2.75) is 63.2 Å². The zero-order chi connectivity index (χ0) is 21.3. The molecule has 5 nitrogen and oxygen atoms in total. The molecule has 0 spiro atoms. The van der Waals surface area contributed by atoms with E-state index >= 15 is 0 Å². The number of thioether (sulfide) groups is 1. The van der Waals surface area contributed by atoms with Crippen LogP contribution in [0.4, 0.5) is 5.69 Å². The van der Waals surface area contributed by atoms with E-state index in [1.165, 1.54) is 5.56 Å². The van der Waals surface area contributed by atoms with Gasteiger partial charge in [-0.15, -0.1) is 0 Å². The van der Waals surface area contributed by atoms with Crippen LogP contribution in [0.15, 0.2) is 41.3 Å². The fourth-order valence-electron chi connectivity index (χ4n) is 4.14. The number of aryl methyl sites for hydroxylation is 2. The van der Waals surface area contributed by atoms with Crippen LogP contribution in [-0.4, -0.2) is 37.2 Å². The summed E-state index contributed by atoms with van der Waals surface area (Å²) in [6.07, 6.45) is 3.51. The lowest BCUT2D eigenvalue weighted by molar-refractivity contribution is 0.224. The molecule has 2 aromatic rings. The molecule has 1 atom stereocenters. The second-order valence-corrected chi connectivity index (χ2v) is 10.8. The average Bonchev–Trinajstić information content (AvgIpc) is 2.74. The van der Waals surface area contributed by atoms with Crippen molar-refractivity contribution in [3.63, 3.8) is 0 Å². The predicted octanol–water partition coefficient (Wildman–Crippen LogP) is 4.16. The highest BCUT2D eigenvalue weighted by atomic mass is 32.2. The Hall–Kier alpha value is -1.70. The number of ether oxygens (including phenoxy) is 1. The van der Waals surface area contributed by atoms with Gasteiger partial charge in [0.1, 0.15) is 11.9 Å². The van der Waals surface area contributed by atoms with Gasteiger partial charge in [-0.1, -0.05) is 26.0 Å². The molecule has 0 bridgehead atoms. The highest BCUT2D eigenvalue weighted by Crippen LogP contribution is 2.38. The van der Waals surface area contributed by atoms with E-state index in [0.29, 0.717) is 11.3 Å². The second kappa shape index (κ2) is 8.81. The van der Waals surface area contributed by atoms with Gasteiger partial charge in [0.05, 0.1) is 17.2 Å². The molecule has 0 aliphatic carbocycles. The van der Waals surface area contributed by atoms with Gasteiger partial charge in [-0.25, -0.2) is 8.42 Å². The van der Waals surface area contributed by atoms with Gasteiger partial charge in [0.25, 0.3) is 10.0 Å². The standard InChI is InChI=1S/C23H29NO4S2/c1-3-16-5-9-22-17(11-16)6-7-19(4-2)24(22)30(26,27)21-8-10-23(18(12-21)13-25)28-20-14-29-15-20/h5,8-12,19-20,25H,3-4,6-7,13-15H2,1-2H3. The van der Waals surface area contributed by atoms with Crippen molar-refractivity contribution in [3.05, 3.63) is 53.1 Å². The summed E-state index contributed by atoms with van der Waals surface area (Å²) < 4.78 is 35.0. The van der Waals surface area contributed by atoms with Crippen molar-refractivity contribution >= 4 is 27.5 Å². The zero-order valence-electron chi connectivity index (χ0n) is 17.5. The van der Waals surface area contributed by atoms with Crippen molar-refractivity contribution in [1.29, 1.82) is 0 Å². The quantitative estimate of drug-likeness (QED) is 0.690. The topological polar surface area (TPSA) is 66.8 Å². The van der Waals surface area contributed by atoms with E-state index < -0.39 is 10.0 Å². The van der Waals surface area contributed by atoms with Gasteiger partial charge in [-0.3, -0.25) is 4.31 Å². The minimum Gasteiger partial charge on any atom is -0.488 e. The van der Waals surface area contributed by atoms with Crippen molar-refractivity contribution in [3.8, 4) is 5.75 Å². The Kier molecular flexibility index (Phi) is 6.32. The summed E-state index contributed by atoms with van der Waals surface area (Å²) in [5.74, 6) is 2.42. The average molecular weight is 448 g/mol. The van der Waals surface area contributed by atoms with Gasteiger partial charge in [-0.2, -0.15) is 11.8 Å². The van der Waals surface area contributed by atoms with Crippen molar-refractivity contribution in [2.75, 3.05) is 15.8 Å². The molecular weight excluding hydrogens is 418 g/mol. The lowest BCUT2D eigenvalue weighted by atomic mass is 9.94. The summed E-state index contributed by atoms with van der Waals surface area (Å²) in [6.45, 7) is 3.88. The third kappa shape index (κ3) is 3.95. The molecule has 2 aliphatic heterocycles. The molecule has 30 heavy (non-hydrogen) atoms. The van der Waals surface area contributed by atoms with E-state index in [-0.39, 0.29) is 23.6 Å². The molecule has 1 N–H and O–H groups in total. The van der Waals surface area contributed by atoms with E-state index in [1.807, 2.05) is 30.8 Å². The van der Waals surface area contributed by atoms with Crippen LogP contribution in [0.3, 0.4) is 0 Å². The molecule has 4 rings (SSSR count). The SMILES string of the molecule is CCc1ccc2c(c1)CCC(CC)N2S(=O)(=O)c1ccc(OC2CSC2)c(CO)c1. The second-order valence-electron chi connectivity index (χ2n) is 7.92. The van der Waals surface area contributed by atoms with Crippen molar-refractivity contribution in [2.24, 2.45) is 0 Å². The largest absolute Gasteiger partial charge is 0.488 e. The summed E-state index contributed by atoms with van der Waals surface area (Å²) in [4.78, 5) is 0.202. The van der Waals surface area contributed by atoms with Crippen LogP contribution < -0.4 is 9.04 Å². The van der Waals surface area contributed by atoms with Crippen molar-refractivity contribution < 1.29 is 18.3 Å². The fourth-order valence-corrected chi connectivity index (χ4v) is 6.54. The van der Waals surface area contributed by atoms with Crippen LogP contribution in [0, 0.1) is 0 Å². The number of benzene rings is 2. The highest BCUT2D eigenvalue weighted by molar-refractivity contribution is 8.00. The molecule has 162 valence electrons. The molecule has 7 heteroatoms. The Bertz CT molecular complexity index is 1020. The van der Waals surface area contributed by atoms with Gasteiger partial charge < -0.3 is 9.84 Å². The lowest BCUT2D eigenvalue weighted by Gasteiger charge is -2.38. The molecule has 1 fully saturated rings. The normalized spacial score (nSPS) is 19.3. The van der Waals surface area contributed by atoms with Crippen LogP contribution in [0.5, 0.6) is 5.75 Å². The van der Waals surface area contributed by atoms with Crippen LogP contribution in [0.25, 0.3) is 0 Å². The molecule has 0 saturated carbocycles. The number of hydrogen-bond acceptors (Lipinski definition) is 5. The van der Waals surface area contributed by atoms with Crippen molar-refractivity contribution in [1.82, 2.24) is 0 Å². The third-order valence-electron chi connectivity index (χ3n) is 6.00. The van der Waals surface area contributed by atoms with E-state index in [0.717, 1.165) is 48.4 Å². The predicted molar refractivity (Wildman–Crippen MR) is 122 cm³/mol. The molecular formula is C23H29NO4S2. The maximum absolute atomic E-state index is 13.7. The van der Waals surface area contributed by atoms with Gasteiger partial charge >= 0.3 is 0 Å². The summed E-state index contributed by atoms with van der Waals surface area (Å²) in [5.41, 5.74) is 3.61. The van der Waals surface area contributed by atoms with E-state index in [4.69, 9.17) is 4.74 Å². The maximum Gasteiger partial charge on any atom is 0.264 e. The Labute approximate surface area is 183 Å². The fraction of sp³-hybridized carbons (Fsp3) is 0.478. The van der Waals surface area contributed by atoms with Gasteiger partial charge in [0.15, 0.2) is 0 Å². The molecule has 0 aromatic heterocycles.